The molecule has 1 aliphatic heterocycles. The van der Waals surface area contributed by atoms with Gasteiger partial charge in [-0.2, -0.15) is 0 Å². The molecule has 150 valence electrons. The van der Waals surface area contributed by atoms with Crippen LogP contribution in [-0.4, -0.2) is 52.0 Å². The first-order chi connectivity index (χ1) is 12.8. The van der Waals surface area contributed by atoms with Crippen LogP contribution in [0.15, 0.2) is 12.1 Å². The second kappa shape index (κ2) is 7.96. The fourth-order valence-electron chi connectivity index (χ4n) is 3.89. The molecule has 3 rings (SSSR count). The van der Waals surface area contributed by atoms with Crippen LogP contribution in [-0.2, 0) is 9.84 Å². The summed E-state index contributed by atoms with van der Waals surface area (Å²) in [5.74, 6) is 0.795. The summed E-state index contributed by atoms with van der Waals surface area (Å²) in [5, 5.41) is 6.20. The van der Waals surface area contributed by atoms with Gasteiger partial charge in [-0.05, 0) is 43.7 Å². The molecule has 0 atom stereocenters. The number of sulfone groups is 1. The van der Waals surface area contributed by atoms with Crippen LogP contribution in [0.3, 0.4) is 0 Å². The second-order valence-corrected chi connectivity index (χ2v) is 10.1. The molecule has 1 aliphatic carbocycles. The Morgan fingerprint density at radius 1 is 1.15 bits per heavy atom. The molecular formula is C19H30N4O3S. The lowest BCUT2D eigenvalue weighted by Crippen LogP contribution is -2.42. The average molecular weight is 395 g/mol. The standard InChI is InChI=1S/C19H30N4O3S/c1-13-3-5-14(6-4-13)22-19(24)15-11-16(20)17(21-2)12-18(15)23-7-9-27(25,26)10-8-23/h11-14,21H,3-10,20H2,1-2H3,(H,22,24). The molecule has 7 nitrogen and oxygen atoms in total. The monoisotopic (exact) mass is 394 g/mol. The van der Waals surface area contributed by atoms with Crippen molar-refractivity contribution in [2.75, 3.05) is 47.6 Å². The zero-order chi connectivity index (χ0) is 19.6. The minimum absolute atomic E-state index is 0.105. The van der Waals surface area contributed by atoms with Gasteiger partial charge in [0.05, 0.1) is 34.1 Å². The Hall–Kier alpha value is -1.96. The summed E-state index contributed by atoms with van der Waals surface area (Å²) in [6.07, 6.45) is 4.24. The number of benzene rings is 1. The summed E-state index contributed by atoms with van der Waals surface area (Å²) < 4.78 is 23.5. The predicted molar refractivity (Wildman–Crippen MR) is 110 cm³/mol. The van der Waals surface area contributed by atoms with Crippen molar-refractivity contribution >= 4 is 32.8 Å². The number of nitrogen functional groups attached to an aromatic ring is 1. The van der Waals surface area contributed by atoms with Crippen molar-refractivity contribution in [1.29, 1.82) is 0 Å². The van der Waals surface area contributed by atoms with Gasteiger partial charge in [0, 0.05) is 26.2 Å². The minimum atomic E-state index is -2.99. The highest BCUT2D eigenvalue weighted by atomic mass is 32.2. The number of rotatable bonds is 4. The van der Waals surface area contributed by atoms with E-state index in [2.05, 4.69) is 17.6 Å². The Balaban J connectivity index is 1.84. The van der Waals surface area contributed by atoms with Crippen molar-refractivity contribution in [2.24, 2.45) is 5.92 Å². The number of anilines is 3. The van der Waals surface area contributed by atoms with Crippen LogP contribution < -0.4 is 21.3 Å². The summed E-state index contributed by atoms with van der Waals surface area (Å²) >= 11 is 0. The maximum Gasteiger partial charge on any atom is 0.253 e. The smallest absolute Gasteiger partial charge is 0.253 e. The highest BCUT2D eigenvalue weighted by Gasteiger charge is 2.27. The molecule has 1 heterocycles. The summed E-state index contributed by atoms with van der Waals surface area (Å²) in [6, 6.07) is 3.74. The van der Waals surface area contributed by atoms with Crippen molar-refractivity contribution in [2.45, 2.75) is 38.6 Å². The average Bonchev–Trinajstić information content (AvgIpc) is 2.63. The number of hydrogen-bond acceptors (Lipinski definition) is 6. The molecule has 27 heavy (non-hydrogen) atoms. The van der Waals surface area contributed by atoms with E-state index in [-0.39, 0.29) is 23.5 Å². The molecule has 0 unspecified atom stereocenters. The van der Waals surface area contributed by atoms with Crippen molar-refractivity contribution in [3.63, 3.8) is 0 Å². The molecule has 0 bridgehead atoms. The third-order valence-corrected chi connectivity index (χ3v) is 7.33. The Labute approximate surface area is 161 Å². The molecule has 1 saturated heterocycles. The first-order valence-corrected chi connectivity index (χ1v) is 11.5. The van der Waals surface area contributed by atoms with Gasteiger partial charge in [-0.25, -0.2) is 8.42 Å². The van der Waals surface area contributed by atoms with Crippen LogP contribution in [0.4, 0.5) is 17.1 Å². The zero-order valence-electron chi connectivity index (χ0n) is 16.1. The lowest BCUT2D eigenvalue weighted by Gasteiger charge is -2.32. The van der Waals surface area contributed by atoms with Crippen LogP contribution in [0.25, 0.3) is 0 Å². The van der Waals surface area contributed by atoms with E-state index in [1.807, 2.05) is 11.0 Å². The molecular weight excluding hydrogens is 364 g/mol. The largest absolute Gasteiger partial charge is 0.397 e. The van der Waals surface area contributed by atoms with E-state index in [1.165, 1.54) is 0 Å². The number of carbonyl (C=O) groups is 1. The SMILES string of the molecule is CNc1cc(N2CCS(=O)(=O)CC2)c(C(=O)NC2CCC(C)CC2)cc1N. The van der Waals surface area contributed by atoms with Gasteiger partial charge in [-0.3, -0.25) is 4.79 Å². The van der Waals surface area contributed by atoms with Gasteiger partial charge in [0.2, 0.25) is 0 Å². The molecule has 1 saturated carbocycles. The Bertz CT molecular complexity index is 787. The highest BCUT2D eigenvalue weighted by molar-refractivity contribution is 7.91. The summed E-state index contributed by atoms with van der Waals surface area (Å²) in [6.45, 7) is 3.02. The number of nitrogens with zero attached hydrogens (tertiary/aromatic N) is 1. The van der Waals surface area contributed by atoms with E-state index in [4.69, 9.17) is 5.73 Å². The number of carbonyl (C=O) groups excluding carboxylic acids is 1. The van der Waals surface area contributed by atoms with E-state index in [9.17, 15) is 13.2 Å². The topological polar surface area (TPSA) is 105 Å². The van der Waals surface area contributed by atoms with Gasteiger partial charge in [-0.15, -0.1) is 0 Å². The third-order valence-electron chi connectivity index (χ3n) is 5.72. The van der Waals surface area contributed by atoms with Gasteiger partial charge < -0.3 is 21.3 Å². The van der Waals surface area contributed by atoms with E-state index < -0.39 is 9.84 Å². The maximum absolute atomic E-state index is 13.0. The van der Waals surface area contributed by atoms with Crippen LogP contribution in [0.2, 0.25) is 0 Å². The third kappa shape index (κ3) is 4.66. The molecule has 8 heteroatoms. The van der Waals surface area contributed by atoms with Crippen molar-refractivity contribution in [3.05, 3.63) is 17.7 Å². The molecule has 1 aromatic carbocycles. The lowest BCUT2D eigenvalue weighted by molar-refractivity contribution is 0.0923. The summed E-state index contributed by atoms with van der Waals surface area (Å²) in [7, 11) is -1.21. The van der Waals surface area contributed by atoms with Crippen molar-refractivity contribution in [1.82, 2.24) is 5.32 Å². The molecule has 0 radical (unpaired) electrons. The summed E-state index contributed by atoms with van der Waals surface area (Å²) in [5.41, 5.74) is 8.61. The zero-order valence-corrected chi connectivity index (χ0v) is 16.9. The number of nitrogens with one attached hydrogen (secondary N) is 2. The van der Waals surface area contributed by atoms with Gasteiger partial charge in [-0.1, -0.05) is 6.92 Å². The first kappa shape index (κ1) is 19.8. The van der Waals surface area contributed by atoms with Gasteiger partial charge >= 0.3 is 0 Å². The molecule has 4 N–H and O–H groups in total. The molecule has 1 aromatic rings. The number of nitrogens with two attached hydrogens (primary N) is 1. The molecule has 2 fully saturated rings. The van der Waals surface area contributed by atoms with E-state index in [0.29, 0.717) is 24.3 Å². The lowest BCUT2D eigenvalue weighted by atomic mass is 9.87. The molecule has 2 aliphatic rings. The van der Waals surface area contributed by atoms with Crippen molar-refractivity contribution in [3.8, 4) is 0 Å². The Morgan fingerprint density at radius 3 is 2.37 bits per heavy atom. The van der Waals surface area contributed by atoms with Crippen LogP contribution in [0.1, 0.15) is 43.0 Å². The van der Waals surface area contributed by atoms with Gasteiger partial charge in [0.1, 0.15) is 0 Å². The predicted octanol–water partition coefficient (Wildman–Crippen LogP) is 1.85. The normalized spacial score (nSPS) is 25.0. The molecule has 0 aromatic heterocycles. The minimum Gasteiger partial charge on any atom is -0.397 e. The molecule has 1 amide bonds. The van der Waals surface area contributed by atoms with Crippen LogP contribution in [0, 0.1) is 5.92 Å². The Kier molecular flexibility index (Phi) is 5.83. The quantitative estimate of drug-likeness (QED) is 0.673. The highest BCUT2D eigenvalue weighted by Crippen LogP contribution is 2.32. The van der Waals surface area contributed by atoms with E-state index in [0.717, 1.165) is 43.0 Å². The maximum atomic E-state index is 13.0. The Morgan fingerprint density at radius 2 is 1.78 bits per heavy atom. The van der Waals surface area contributed by atoms with Crippen molar-refractivity contribution < 1.29 is 13.2 Å². The second-order valence-electron chi connectivity index (χ2n) is 7.78. The first-order valence-electron chi connectivity index (χ1n) is 9.66. The number of amides is 1. The van der Waals surface area contributed by atoms with E-state index in [1.54, 1.807) is 13.1 Å². The molecule has 0 spiro atoms. The fraction of sp³-hybridized carbons (Fsp3) is 0.632. The van der Waals surface area contributed by atoms with Crippen LogP contribution >= 0.6 is 0 Å². The fourth-order valence-corrected chi connectivity index (χ4v) is 5.09. The van der Waals surface area contributed by atoms with Gasteiger partial charge in [0.25, 0.3) is 5.91 Å². The number of hydrogen-bond donors (Lipinski definition) is 3. The van der Waals surface area contributed by atoms with E-state index >= 15 is 0 Å². The van der Waals surface area contributed by atoms with Crippen LogP contribution in [0.5, 0.6) is 0 Å². The van der Waals surface area contributed by atoms with Gasteiger partial charge in [0.15, 0.2) is 9.84 Å². The summed E-state index contributed by atoms with van der Waals surface area (Å²) in [4.78, 5) is 15.0.